The molecule has 0 spiro atoms. The van der Waals surface area contributed by atoms with Crippen molar-refractivity contribution in [1.29, 1.82) is 0 Å². The number of carbonyl (C=O) groups excluding carboxylic acids is 2. The molecule has 0 aromatic heterocycles. The van der Waals surface area contributed by atoms with E-state index in [2.05, 4.69) is 5.32 Å². The van der Waals surface area contributed by atoms with Gasteiger partial charge in [0.1, 0.15) is 5.75 Å². The minimum atomic E-state index is -0.218. The number of benzene rings is 2. The molecule has 2 aromatic rings. The summed E-state index contributed by atoms with van der Waals surface area (Å²) in [7, 11) is 3.22. The molecule has 2 amide bonds. The number of amides is 2. The van der Waals surface area contributed by atoms with Gasteiger partial charge in [0.05, 0.1) is 20.1 Å². The predicted molar refractivity (Wildman–Crippen MR) is 94.1 cm³/mol. The number of rotatable bonds is 6. The van der Waals surface area contributed by atoms with E-state index in [1.54, 1.807) is 14.2 Å². The fraction of sp³-hybridized carbons (Fsp3) is 0.263. The van der Waals surface area contributed by atoms with Crippen molar-refractivity contribution in [2.45, 2.75) is 13.3 Å². The molecular formula is C19H22N2O3. The summed E-state index contributed by atoms with van der Waals surface area (Å²) in [5.74, 6) is 0.417. The molecular weight excluding hydrogens is 304 g/mol. The summed E-state index contributed by atoms with van der Waals surface area (Å²) < 4.78 is 5.09. The van der Waals surface area contributed by atoms with Crippen LogP contribution in [-0.4, -0.2) is 37.4 Å². The van der Waals surface area contributed by atoms with E-state index < -0.39 is 0 Å². The Bertz CT molecular complexity index is 694. The molecule has 5 nitrogen and oxygen atoms in total. The molecule has 0 aliphatic rings. The Morgan fingerprint density at radius 1 is 1.04 bits per heavy atom. The molecule has 0 fully saturated rings. The molecule has 0 atom stereocenters. The minimum Gasteiger partial charge on any atom is -0.497 e. The quantitative estimate of drug-likeness (QED) is 0.888. The maximum atomic E-state index is 12.2. The molecule has 0 saturated carbocycles. The van der Waals surface area contributed by atoms with Gasteiger partial charge in [-0.3, -0.25) is 9.59 Å². The van der Waals surface area contributed by atoms with Crippen LogP contribution in [0.1, 0.15) is 11.1 Å². The van der Waals surface area contributed by atoms with Crippen LogP contribution in [-0.2, 0) is 16.0 Å². The molecule has 0 heterocycles. The average Bonchev–Trinajstić information content (AvgIpc) is 2.57. The van der Waals surface area contributed by atoms with E-state index in [0.717, 1.165) is 22.6 Å². The van der Waals surface area contributed by atoms with E-state index in [0.29, 0.717) is 0 Å². The second-order valence-corrected chi connectivity index (χ2v) is 5.69. The highest BCUT2D eigenvalue weighted by Crippen LogP contribution is 2.12. The molecule has 0 unspecified atom stereocenters. The Labute approximate surface area is 142 Å². The van der Waals surface area contributed by atoms with Crippen molar-refractivity contribution < 1.29 is 14.3 Å². The highest BCUT2D eigenvalue weighted by atomic mass is 16.5. The van der Waals surface area contributed by atoms with Crippen LogP contribution in [0.5, 0.6) is 5.75 Å². The maximum absolute atomic E-state index is 12.2. The highest BCUT2D eigenvalue weighted by Gasteiger charge is 2.13. The zero-order chi connectivity index (χ0) is 17.5. The van der Waals surface area contributed by atoms with Gasteiger partial charge in [-0.15, -0.1) is 0 Å². The topological polar surface area (TPSA) is 58.6 Å². The van der Waals surface area contributed by atoms with Crippen LogP contribution in [0.15, 0.2) is 48.5 Å². The molecule has 1 N–H and O–H groups in total. The molecule has 5 heteroatoms. The van der Waals surface area contributed by atoms with Gasteiger partial charge in [-0.25, -0.2) is 0 Å². The Kier molecular flexibility index (Phi) is 5.95. The van der Waals surface area contributed by atoms with Gasteiger partial charge in [0.2, 0.25) is 11.8 Å². The lowest BCUT2D eigenvalue weighted by molar-refractivity contribution is -0.132. The fourth-order valence-electron chi connectivity index (χ4n) is 2.19. The Morgan fingerprint density at radius 2 is 1.67 bits per heavy atom. The van der Waals surface area contributed by atoms with Crippen molar-refractivity contribution in [3.8, 4) is 5.75 Å². The van der Waals surface area contributed by atoms with E-state index in [1.807, 2.05) is 55.5 Å². The van der Waals surface area contributed by atoms with Gasteiger partial charge in [0.25, 0.3) is 0 Å². The summed E-state index contributed by atoms with van der Waals surface area (Å²) in [5, 5.41) is 2.78. The van der Waals surface area contributed by atoms with Crippen molar-refractivity contribution in [2.75, 3.05) is 26.0 Å². The van der Waals surface area contributed by atoms with Gasteiger partial charge in [-0.05, 0) is 36.8 Å². The van der Waals surface area contributed by atoms with Crippen LogP contribution < -0.4 is 10.1 Å². The van der Waals surface area contributed by atoms with E-state index in [9.17, 15) is 9.59 Å². The number of nitrogens with zero attached hydrogens (tertiary/aromatic N) is 1. The summed E-state index contributed by atoms with van der Waals surface area (Å²) in [6, 6.07) is 14.8. The standard InChI is InChI=1S/C19H22N2O3/c1-14-4-8-16(9-5-14)20-18(22)13-21(2)19(23)12-15-6-10-17(24-3)11-7-15/h4-11H,12-13H2,1-3H3,(H,20,22). The van der Waals surface area contributed by atoms with Crippen LogP contribution in [0, 0.1) is 6.92 Å². The number of nitrogens with one attached hydrogen (secondary N) is 1. The van der Waals surface area contributed by atoms with Gasteiger partial charge in [0.15, 0.2) is 0 Å². The lowest BCUT2D eigenvalue weighted by atomic mass is 10.1. The summed E-state index contributed by atoms with van der Waals surface area (Å²) in [5.41, 5.74) is 2.73. The Hall–Kier alpha value is -2.82. The van der Waals surface area contributed by atoms with Gasteiger partial charge < -0.3 is 15.0 Å². The highest BCUT2D eigenvalue weighted by molar-refractivity contribution is 5.94. The van der Waals surface area contributed by atoms with Gasteiger partial charge in [0, 0.05) is 12.7 Å². The molecule has 0 aliphatic carbocycles. The van der Waals surface area contributed by atoms with Gasteiger partial charge in [-0.2, -0.15) is 0 Å². The molecule has 0 saturated heterocycles. The number of methoxy groups -OCH3 is 1. The molecule has 0 radical (unpaired) electrons. The lowest BCUT2D eigenvalue weighted by Gasteiger charge is -2.17. The zero-order valence-corrected chi connectivity index (χ0v) is 14.2. The van der Waals surface area contributed by atoms with Crippen LogP contribution in [0.4, 0.5) is 5.69 Å². The third-order valence-corrected chi connectivity index (χ3v) is 3.66. The molecule has 0 bridgehead atoms. The number of carbonyl (C=O) groups is 2. The first-order valence-electron chi connectivity index (χ1n) is 7.71. The second kappa shape index (κ2) is 8.15. The number of ether oxygens (including phenoxy) is 1. The number of hydrogen-bond acceptors (Lipinski definition) is 3. The average molecular weight is 326 g/mol. The molecule has 126 valence electrons. The summed E-state index contributed by atoms with van der Waals surface area (Å²) in [4.78, 5) is 25.7. The summed E-state index contributed by atoms with van der Waals surface area (Å²) in [6.07, 6.45) is 0.248. The summed E-state index contributed by atoms with van der Waals surface area (Å²) in [6.45, 7) is 2.00. The van der Waals surface area contributed by atoms with E-state index in [4.69, 9.17) is 4.74 Å². The lowest BCUT2D eigenvalue weighted by Crippen LogP contribution is -2.35. The SMILES string of the molecule is COc1ccc(CC(=O)N(C)CC(=O)Nc2ccc(C)cc2)cc1. The van der Waals surface area contributed by atoms with Crippen LogP contribution in [0.3, 0.4) is 0 Å². The van der Waals surface area contributed by atoms with Crippen LogP contribution in [0.25, 0.3) is 0 Å². The van der Waals surface area contributed by atoms with Crippen molar-refractivity contribution in [3.05, 3.63) is 59.7 Å². The molecule has 0 aliphatic heterocycles. The molecule has 24 heavy (non-hydrogen) atoms. The van der Waals surface area contributed by atoms with E-state index in [-0.39, 0.29) is 24.8 Å². The third-order valence-electron chi connectivity index (χ3n) is 3.66. The first-order chi connectivity index (χ1) is 11.5. The van der Waals surface area contributed by atoms with Crippen molar-refractivity contribution in [1.82, 2.24) is 4.90 Å². The normalized spacial score (nSPS) is 10.1. The minimum absolute atomic E-state index is 0.0167. The number of anilines is 1. The monoisotopic (exact) mass is 326 g/mol. The largest absolute Gasteiger partial charge is 0.497 e. The van der Waals surface area contributed by atoms with Crippen molar-refractivity contribution >= 4 is 17.5 Å². The van der Waals surface area contributed by atoms with Crippen LogP contribution in [0.2, 0.25) is 0 Å². The van der Waals surface area contributed by atoms with Gasteiger partial charge in [-0.1, -0.05) is 29.8 Å². The fourth-order valence-corrected chi connectivity index (χ4v) is 2.19. The van der Waals surface area contributed by atoms with E-state index in [1.165, 1.54) is 4.90 Å². The smallest absolute Gasteiger partial charge is 0.243 e. The molecule has 2 aromatic carbocycles. The van der Waals surface area contributed by atoms with Crippen molar-refractivity contribution in [3.63, 3.8) is 0 Å². The second-order valence-electron chi connectivity index (χ2n) is 5.69. The van der Waals surface area contributed by atoms with Crippen LogP contribution >= 0.6 is 0 Å². The first-order valence-corrected chi connectivity index (χ1v) is 7.71. The number of hydrogen-bond donors (Lipinski definition) is 1. The van der Waals surface area contributed by atoms with Crippen molar-refractivity contribution in [2.24, 2.45) is 0 Å². The zero-order valence-electron chi connectivity index (χ0n) is 14.2. The molecule has 2 rings (SSSR count). The maximum Gasteiger partial charge on any atom is 0.243 e. The Morgan fingerprint density at radius 3 is 2.25 bits per heavy atom. The first kappa shape index (κ1) is 17.5. The number of likely N-dealkylation sites (N-methyl/N-ethyl adjacent to an activating group) is 1. The summed E-state index contributed by atoms with van der Waals surface area (Å²) >= 11 is 0. The Balaban J connectivity index is 1.85. The predicted octanol–water partition coefficient (Wildman–Crippen LogP) is 2.64. The number of aryl methyl sites for hydroxylation is 1. The van der Waals surface area contributed by atoms with E-state index >= 15 is 0 Å². The third kappa shape index (κ3) is 5.12. The van der Waals surface area contributed by atoms with Gasteiger partial charge >= 0.3 is 0 Å².